The summed E-state index contributed by atoms with van der Waals surface area (Å²) < 4.78 is 11.5. The highest BCUT2D eigenvalue weighted by Crippen LogP contribution is 2.04. The Morgan fingerprint density at radius 1 is 1.27 bits per heavy atom. The topological polar surface area (TPSA) is 54.4 Å². The smallest absolute Gasteiger partial charge is 0.303 e. The van der Waals surface area contributed by atoms with E-state index >= 15 is 0 Å². The van der Waals surface area contributed by atoms with Crippen LogP contribution in [-0.2, 0) is 21.3 Å². The van der Waals surface area contributed by atoms with E-state index in [9.17, 15) is 9.00 Å². The van der Waals surface area contributed by atoms with Crippen molar-refractivity contribution in [2.24, 2.45) is 0 Å². The molecule has 1 N–H and O–H groups in total. The third-order valence-corrected chi connectivity index (χ3v) is 3.33. The molecular formula is C11H14O3S. The normalized spacial score (nSPS) is 12.3. The van der Waals surface area contributed by atoms with Crippen molar-refractivity contribution in [3.05, 3.63) is 35.9 Å². The van der Waals surface area contributed by atoms with Gasteiger partial charge in [0.1, 0.15) is 0 Å². The van der Waals surface area contributed by atoms with Crippen molar-refractivity contribution in [2.45, 2.75) is 18.6 Å². The van der Waals surface area contributed by atoms with Crippen LogP contribution in [0, 0.1) is 0 Å². The molecule has 1 atom stereocenters. The predicted molar refractivity (Wildman–Crippen MR) is 60.0 cm³/mol. The van der Waals surface area contributed by atoms with E-state index in [1.807, 2.05) is 30.3 Å². The molecule has 0 saturated carbocycles. The molecule has 0 aliphatic heterocycles. The largest absolute Gasteiger partial charge is 0.481 e. The van der Waals surface area contributed by atoms with E-state index in [0.29, 0.717) is 17.9 Å². The Labute approximate surface area is 91.6 Å². The minimum atomic E-state index is -0.951. The van der Waals surface area contributed by atoms with Gasteiger partial charge in [-0.3, -0.25) is 9.00 Å². The van der Waals surface area contributed by atoms with Crippen molar-refractivity contribution in [3.8, 4) is 0 Å². The minimum absolute atomic E-state index is 0.0977. The molecular weight excluding hydrogens is 212 g/mol. The third-order valence-electron chi connectivity index (χ3n) is 1.93. The van der Waals surface area contributed by atoms with Crippen molar-refractivity contribution in [1.82, 2.24) is 0 Å². The third kappa shape index (κ3) is 5.32. The molecule has 0 spiro atoms. The summed E-state index contributed by atoms with van der Waals surface area (Å²) in [6.45, 7) is 0. The van der Waals surface area contributed by atoms with Crippen molar-refractivity contribution in [3.63, 3.8) is 0 Å². The zero-order chi connectivity index (χ0) is 11.1. The molecule has 1 unspecified atom stereocenters. The van der Waals surface area contributed by atoms with Gasteiger partial charge in [0.2, 0.25) is 0 Å². The first-order valence-electron chi connectivity index (χ1n) is 4.79. The molecule has 0 fully saturated rings. The van der Waals surface area contributed by atoms with E-state index in [1.165, 1.54) is 0 Å². The van der Waals surface area contributed by atoms with Crippen molar-refractivity contribution in [2.75, 3.05) is 5.75 Å². The second-order valence-electron chi connectivity index (χ2n) is 3.27. The second-order valence-corrected chi connectivity index (χ2v) is 4.85. The Hall–Kier alpha value is -1.16. The number of carbonyl (C=O) groups is 1. The van der Waals surface area contributed by atoms with Crippen molar-refractivity contribution in [1.29, 1.82) is 0 Å². The molecule has 0 amide bonds. The van der Waals surface area contributed by atoms with E-state index in [1.54, 1.807) is 0 Å². The zero-order valence-electron chi connectivity index (χ0n) is 8.39. The van der Waals surface area contributed by atoms with Gasteiger partial charge in [0.15, 0.2) is 0 Å². The summed E-state index contributed by atoms with van der Waals surface area (Å²) >= 11 is 0. The molecule has 0 aromatic heterocycles. The lowest BCUT2D eigenvalue weighted by Crippen LogP contribution is -2.03. The lowest BCUT2D eigenvalue weighted by molar-refractivity contribution is -0.137. The Bertz CT molecular complexity index is 335. The highest BCUT2D eigenvalue weighted by Gasteiger charge is 2.03. The first-order chi connectivity index (χ1) is 7.18. The van der Waals surface area contributed by atoms with Crippen LogP contribution in [0.3, 0.4) is 0 Å². The fourth-order valence-electron chi connectivity index (χ4n) is 1.22. The van der Waals surface area contributed by atoms with Gasteiger partial charge < -0.3 is 5.11 Å². The van der Waals surface area contributed by atoms with Crippen LogP contribution in [0.15, 0.2) is 30.3 Å². The molecule has 0 radical (unpaired) electrons. The van der Waals surface area contributed by atoms with E-state index in [0.717, 1.165) is 5.56 Å². The van der Waals surface area contributed by atoms with Gasteiger partial charge in [0.25, 0.3) is 0 Å². The van der Waals surface area contributed by atoms with Gasteiger partial charge in [0.05, 0.1) is 0 Å². The molecule has 0 heterocycles. The fourth-order valence-corrected chi connectivity index (χ4v) is 2.39. The van der Waals surface area contributed by atoms with E-state index < -0.39 is 16.8 Å². The SMILES string of the molecule is O=C(O)CCCS(=O)Cc1ccccc1. The minimum Gasteiger partial charge on any atom is -0.481 e. The van der Waals surface area contributed by atoms with E-state index in [2.05, 4.69) is 0 Å². The first kappa shape index (κ1) is 11.9. The molecule has 82 valence electrons. The van der Waals surface area contributed by atoms with Crippen LogP contribution in [0.1, 0.15) is 18.4 Å². The van der Waals surface area contributed by atoms with Gasteiger partial charge in [-0.15, -0.1) is 0 Å². The van der Waals surface area contributed by atoms with Crippen LogP contribution in [0.5, 0.6) is 0 Å². The number of hydrogen-bond acceptors (Lipinski definition) is 2. The van der Waals surface area contributed by atoms with Crippen LogP contribution >= 0.6 is 0 Å². The lowest BCUT2D eigenvalue weighted by atomic mass is 10.2. The zero-order valence-corrected chi connectivity index (χ0v) is 9.20. The molecule has 0 aliphatic rings. The molecule has 0 aliphatic carbocycles. The second kappa shape index (κ2) is 6.35. The van der Waals surface area contributed by atoms with Crippen LogP contribution < -0.4 is 0 Å². The van der Waals surface area contributed by atoms with E-state index in [-0.39, 0.29) is 6.42 Å². The first-order valence-corrected chi connectivity index (χ1v) is 6.28. The molecule has 3 nitrogen and oxygen atoms in total. The monoisotopic (exact) mass is 226 g/mol. The maximum Gasteiger partial charge on any atom is 0.303 e. The Morgan fingerprint density at radius 2 is 1.93 bits per heavy atom. The molecule has 4 heteroatoms. The quantitative estimate of drug-likeness (QED) is 0.804. The Kier molecular flexibility index (Phi) is 5.04. The molecule has 15 heavy (non-hydrogen) atoms. The summed E-state index contributed by atoms with van der Waals surface area (Å²) in [6.07, 6.45) is 0.579. The number of benzene rings is 1. The van der Waals surface area contributed by atoms with Gasteiger partial charge in [-0.1, -0.05) is 30.3 Å². The number of carboxylic acids is 1. The lowest BCUT2D eigenvalue weighted by Gasteiger charge is -2.01. The summed E-state index contributed by atoms with van der Waals surface area (Å²) in [4.78, 5) is 10.2. The number of carboxylic acid groups (broad SMARTS) is 1. The number of aliphatic carboxylic acids is 1. The summed E-state index contributed by atoms with van der Waals surface area (Å²) in [5, 5.41) is 8.42. The molecule has 1 aromatic rings. The summed E-state index contributed by atoms with van der Waals surface area (Å²) in [6, 6.07) is 9.58. The average Bonchev–Trinajstić information content (AvgIpc) is 2.18. The Balaban J connectivity index is 2.28. The highest BCUT2D eigenvalue weighted by molar-refractivity contribution is 7.84. The summed E-state index contributed by atoms with van der Waals surface area (Å²) in [7, 11) is -0.951. The molecule has 0 bridgehead atoms. The van der Waals surface area contributed by atoms with Crippen LogP contribution in [-0.4, -0.2) is 21.0 Å². The maximum atomic E-state index is 11.5. The highest BCUT2D eigenvalue weighted by atomic mass is 32.2. The van der Waals surface area contributed by atoms with Crippen molar-refractivity contribution < 1.29 is 14.1 Å². The fraction of sp³-hybridized carbons (Fsp3) is 0.364. The Morgan fingerprint density at radius 3 is 2.53 bits per heavy atom. The van der Waals surface area contributed by atoms with Gasteiger partial charge in [-0.2, -0.15) is 0 Å². The predicted octanol–water partition coefficient (Wildman–Crippen LogP) is 1.80. The molecule has 1 rings (SSSR count). The maximum absolute atomic E-state index is 11.5. The van der Waals surface area contributed by atoms with Crippen LogP contribution in [0.4, 0.5) is 0 Å². The number of rotatable bonds is 6. The van der Waals surface area contributed by atoms with E-state index in [4.69, 9.17) is 5.11 Å². The van der Waals surface area contributed by atoms with Gasteiger partial charge in [-0.25, -0.2) is 0 Å². The summed E-state index contributed by atoms with van der Waals surface area (Å²) in [5.74, 6) is 0.147. The summed E-state index contributed by atoms with van der Waals surface area (Å²) in [5.41, 5.74) is 1.03. The average molecular weight is 226 g/mol. The van der Waals surface area contributed by atoms with Crippen molar-refractivity contribution >= 4 is 16.8 Å². The van der Waals surface area contributed by atoms with Gasteiger partial charge in [0, 0.05) is 28.7 Å². The van der Waals surface area contributed by atoms with Crippen LogP contribution in [0.25, 0.3) is 0 Å². The van der Waals surface area contributed by atoms with Gasteiger partial charge >= 0.3 is 5.97 Å². The standard InChI is InChI=1S/C11H14O3S/c12-11(13)7-4-8-15(14)9-10-5-2-1-3-6-10/h1-3,5-6H,4,7-9H2,(H,12,13). The van der Waals surface area contributed by atoms with Crippen LogP contribution in [0.2, 0.25) is 0 Å². The molecule has 1 aromatic carbocycles. The number of hydrogen-bond donors (Lipinski definition) is 1. The molecule has 0 saturated heterocycles. The van der Waals surface area contributed by atoms with Gasteiger partial charge in [-0.05, 0) is 12.0 Å².